The lowest BCUT2D eigenvalue weighted by molar-refractivity contribution is 0.101. The maximum Gasteiger partial charge on any atom is 0.276 e. The quantitative estimate of drug-likeness (QED) is 0.695. The SMILES string of the molecule is CCCn1c(NC(=O)c2cc(C)nn2CC)nc2c(CN(C)C)cccc21. The molecule has 27 heavy (non-hydrogen) atoms. The number of hydrogen-bond donors (Lipinski definition) is 1. The third-order valence-corrected chi connectivity index (χ3v) is 4.46. The number of aryl methyl sites for hydroxylation is 3. The molecule has 0 bridgehead atoms. The Labute approximate surface area is 160 Å². The standard InChI is InChI=1S/C20H28N6O/c1-6-11-25-16-10-8-9-15(13-24(4)5)18(16)21-20(25)22-19(27)17-12-14(3)23-26(17)7-2/h8-10,12H,6-7,11,13H2,1-5H3,(H,21,22,27). The number of para-hydroxylation sites is 1. The van der Waals surface area contributed by atoms with E-state index in [0.29, 0.717) is 18.2 Å². The first-order valence-corrected chi connectivity index (χ1v) is 9.43. The summed E-state index contributed by atoms with van der Waals surface area (Å²) >= 11 is 0. The number of rotatable bonds is 7. The Balaban J connectivity index is 2.02. The average molecular weight is 368 g/mol. The molecule has 3 rings (SSSR count). The van der Waals surface area contributed by atoms with E-state index in [4.69, 9.17) is 4.98 Å². The average Bonchev–Trinajstić information content (AvgIpc) is 3.16. The van der Waals surface area contributed by atoms with E-state index in [2.05, 4.69) is 45.0 Å². The number of amides is 1. The lowest BCUT2D eigenvalue weighted by atomic mass is 10.2. The second-order valence-corrected chi connectivity index (χ2v) is 7.05. The van der Waals surface area contributed by atoms with Crippen molar-refractivity contribution in [3.8, 4) is 0 Å². The normalized spacial score (nSPS) is 11.5. The van der Waals surface area contributed by atoms with Crippen molar-refractivity contribution in [2.75, 3.05) is 19.4 Å². The van der Waals surface area contributed by atoms with Gasteiger partial charge in [0.15, 0.2) is 0 Å². The van der Waals surface area contributed by atoms with E-state index in [9.17, 15) is 4.79 Å². The van der Waals surface area contributed by atoms with Gasteiger partial charge in [-0.05, 0) is 52.1 Å². The fourth-order valence-electron chi connectivity index (χ4n) is 3.35. The van der Waals surface area contributed by atoms with Crippen LogP contribution >= 0.6 is 0 Å². The van der Waals surface area contributed by atoms with Crippen LogP contribution in [0.15, 0.2) is 24.3 Å². The minimum Gasteiger partial charge on any atom is -0.310 e. The van der Waals surface area contributed by atoms with Crippen LogP contribution < -0.4 is 5.32 Å². The zero-order valence-corrected chi connectivity index (χ0v) is 16.8. The van der Waals surface area contributed by atoms with Gasteiger partial charge in [-0.3, -0.25) is 14.8 Å². The van der Waals surface area contributed by atoms with Gasteiger partial charge in [0.2, 0.25) is 5.95 Å². The van der Waals surface area contributed by atoms with Gasteiger partial charge in [-0.15, -0.1) is 0 Å². The summed E-state index contributed by atoms with van der Waals surface area (Å²) < 4.78 is 3.81. The van der Waals surface area contributed by atoms with Crippen LogP contribution in [0, 0.1) is 6.92 Å². The van der Waals surface area contributed by atoms with Gasteiger partial charge in [0.05, 0.1) is 16.7 Å². The highest BCUT2D eigenvalue weighted by Gasteiger charge is 2.19. The van der Waals surface area contributed by atoms with Crippen molar-refractivity contribution in [2.24, 2.45) is 0 Å². The number of nitrogens with one attached hydrogen (secondary N) is 1. The van der Waals surface area contributed by atoms with Gasteiger partial charge in [0, 0.05) is 19.6 Å². The number of fused-ring (bicyclic) bond motifs is 1. The van der Waals surface area contributed by atoms with Crippen molar-refractivity contribution in [3.05, 3.63) is 41.2 Å². The zero-order valence-electron chi connectivity index (χ0n) is 16.8. The fraction of sp³-hybridized carbons (Fsp3) is 0.450. The van der Waals surface area contributed by atoms with Gasteiger partial charge in [0.25, 0.3) is 5.91 Å². The van der Waals surface area contributed by atoms with Gasteiger partial charge in [-0.2, -0.15) is 5.10 Å². The Hall–Kier alpha value is -2.67. The Morgan fingerprint density at radius 3 is 2.70 bits per heavy atom. The van der Waals surface area contributed by atoms with E-state index in [1.165, 1.54) is 0 Å². The number of anilines is 1. The number of hydrogen-bond acceptors (Lipinski definition) is 4. The van der Waals surface area contributed by atoms with Gasteiger partial charge < -0.3 is 9.47 Å². The summed E-state index contributed by atoms with van der Waals surface area (Å²) in [6.07, 6.45) is 0.957. The Bertz CT molecular complexity index is 953. The molecule has 3 aromatic rings. The number of nitrogens with zero attached hydrogens (tertiary/aromatic N) is 5. The molecule has 7 nitrogen and oxygen atoms in total. The van der Waals surface area contributed by atoms with Crippen LogP contribution in [0.1, 0.15) is 42.0 Å². The van der Waals surface area contributed by atoms with E-state index in [1.54, 1.807) is 4.68 Å². The molecular formula is C20H28N6O. The van der Waals surface area contributed by atoms with Crippen molar-refractivity contribution in [3.63, 3.8) is 0 Å². The van der Waals surface area contributed by atoms with E-state index in [1.807, 2.05) is 34.0 Å². The summed E-state index contributed by atoms with van der Waals surface area (Å²) in [7, 11) is 4.08. The van der Waals surface area contributed by atoms with Crippen LogP contribution in [-0.4, -0.2) is 44.2 Å². The largest absolute Gasteiger partial charge is 0.310 e. The summed E-state index contributed by atoms with van der Waals surface area (Å²) in [5.74, 6) is 0.406. The van der Waals surface area contributed by atoms with Crippen LogP contribution in [0.3, 0.4) is 0 Å². The Kier molecular flexibility index (Phi) is 5.60. The van der Waals surface area contributed by atoms with Crippen molar-refractivity contribution in [1.82, 2.24) is 24.2 Å². The van der Waals surface area contributed by atoms with Crippen LogP contribution in [0.5, 0.6) is 0 Å². The zero-order chi connectivity index (χ0) is 19.6. The van der Waals surface area contributed by atoms with Gasteiger partial charge in [-0.1, -0.05) is 19.1 Å². The van der Waals surface area contributed by atoms with E-state index in [-0.39, 0.29) is 5.91 Å². The molecule has 2 heterocycles. The Morgan fingerprint density at radius 1 is 1.26 bits per heavy atom. The second-order valence-electron chi connectivity index (χ2n) is 7.05. The maximum atomic E-state index is 12.9. The molecule has 1 N–H and O–H groups in total. The number of imidazole rings is 1. The van der Waals surface area contributed by atoms with Gasteiger partial charge in [-0.25, -0.2) is 4.98 Å². The first-order valence-electron chi connectivity index (χ1n) is 9.43. The van der Waals surface area contributed by atoms with E-state index < -0.39 is 0 Å². The monoisotopic (exact) mass is 368 g/mol. The van der Waals surface area contributed by atoms with Crippen molar-refractivity contribution in [1.29, 1.82) is 0 Å². The summed E-state index contributed by atoms with van der Waals surface area (Å²) in [4.78, 5) is 19.8. The lowest BCUT2D eigenvalue weighted by Crippen LogP contribution is -2.20. The summed E-state index contributed by atoms with van der Waals surface area (Å²) in [6, 6.07) is 8.01. The number of benzene rings is 1. The number of aromatic nitrogens is 4. The Morgan fingerprint density at radius 2 is 2.04 bits per heavy atom. The predicted molar refractivity (Wildman–Crippen MR) is 108 cm³/mol. The molecule has 0 aliphatic rings. The van der Waals surface area contributed by atoms with Crippen LogP contribution in [0.25, 0.3) is 11.0 Å². The van der Waals surface area contributed by atoms with Gasteiger partial charge >= 0.3 is 0 Å². The molecule has 0 saturated heterocycles. The third-order valence-electron chi connectivity index (χ3n) is 4.46. The molecule has 0 saturated carbocycles. The lowest BCUT2D eigenvalue weighted by Gasteiger charge is -2.10. The highest BCUT2D eigenvalue weighted by molar-refractivity contribution is 6.03. The van der Waals surface area contributed by atoms with E-state index >= 15 is 0 Å². The number of carbonyl (C=O) groups excluding carboxylic acids is 1. The highest BCUT2D eigenvalue weighted by atomic mass is 16.2. The minimum absolute atomic E-state index is 0.181. The summed E-state index contributed by atoms with van der Waals surface area (Å²) in [5, 5.41) is 7.37. The van der Waals surface area contributed by atoms with Gasteiger partial charge in [0.1, 0.15) is 5.69 Å². The predicted octanol–water partition coefficient (Wildman–Crippen LogP) is 3.29. The van der Waals surface area contributed by atoms with Crippen molar-refractivity contribution >= 4 is 22.9 Å². The molecular weight excluding hydrogens is 340 g/mol. The molecule has 0 spiro atoms. The fourth-order valence-corrected chi connectivity index (χ4v) is 3.35. The van der Waals surface area contributed by atoms with E-state index in [0.717, 1.165) is 41.8 Å². The number of carbonyl (C=O) groups is 1. The topological polar surface area (TPSA) is 68.0 Å². The highest BCUT2D eigenvalue weighted by Crippen LogP contribution is 2.24. The first kappa shape index (κ1) is 19.1. The van der Waals surface area contributed by atoms with Crippen LogP contribution in [-0.2, 0) is 19.6 Å². The molecule has 0 fully saturated rings. The molecule has 1 aromatic carbocycles. The molecule has 0 aliphatic heterocycles. The molecule has 0 unspecified atom stereocenters. The van der Waals surface area contributed by atoms with Crippen molar-refractivity contribution in [2.45, 2.75) is 46.8 Å². The molecule has 7 heteroatoms. The molecule has 0 atom stereocenters. The van der Waals surface area contributed by atoms with Crippen LogP contribution in [0.4, 0.5) is 5.95 Å². The molecule has 0 aliphatic carbocycles. The summed E-state index contributed by atoms with van der Waals surface area (Å²) in [6.45, 7) is 8.23. The molecule has 144 valence electrons. The summed E-state index contributed by atoms with van der Waals surface area (Å²) in [5.41, 5.74) is 4.52. The minimum atomic E-state index is -0.181. The molecule has 0 radical (unpaired) electrons. The first-order chi connectivity index (χ1) is 12.9. The van der Waals surface area contributed by atoms with Crippen LogP contribution in [0.2, 0.25) is 0 Å². The van der Waals surface area contributed by atoms with Crippen molar-refractivity contribution < 1.29 is 4.79 Å². The maximum absolute atomic E-state index is 12.9. The second kappa shape index (κ2) is 7.92. The third kappa shape index (κ3) is 3.88. The smallest absolute Gasteiger partial charge is 0.276 e. The molecule has 1 amide bonds. The molecule has 2 aromatic heterocycles.